The highest BCUT2D eigenvalue weighted by atomic mass is 79.9. The summed E-state index contributed by atoms with van der Waals surface area (Å²) in [4.78, 5) is 0. The fourth-order valence-corrected chi connectivity index (χ4v) is 6.21. The number of nitrogens with zero attached hydrogens (tertiary/aromatic N) is 1. The number of rotatable bonds is 8. The predicted octanol–water partition coefficient (Wildman–Crippen LogP) is 2.67. The van der Waals surface area contributed by atoms with Gasteiger partial charge in [0.2, 0.25) is 0 Å². The molecular formula is C29H32BrF2NO2. The molecule has 186 valence electrons. The van der Waals surface area contributed by atoms with Crippen molar-refractivity contribution in [2.75, 3.05) is 26.2 Å². The lowest BCUT2D eigenvalue weighted by Gasteiger charge is -2.59. The van der Waals surface area contributed by atoms with Gasteiger partial charge in [0.15, 0.2) is 5.60 Å². The number of hydrogen-bond donors (Lipinski definition) is 1. The van der Waals surface area contributed by atoms with Gasteiger partial charge in [0.05, 0.1) is 26.2 Å². The van der Waals surface area contributed by atoms with Gasteiger partial charge >= 0.3 is 0 Å². The smallest absolute Gasteiger partial charge is 0.166 e. The van der Waals surface area contributed by atoms with Crippen LogP contribution in [-0.2, 0) is 5.60 Å². The minimum Gasteiger partial charge on any atom is -1.00 e. The van der Waals surface area contributed by atoms with Crippen LogP contribution in [0.3, 0.4) is 0 Å². The number of para-hydroxylation sites is 1. The lowest BCUT2D eigenvalue weighted by molar-refractivity contribution is -0.973. The largest absolute Gasteiger partial charge is 1.00 e. The van der Waals surface area contributed by atoms with Crippen molar-refractivity contribution in [1.82, 2.24) is 0 Å². The summed E-state index contributed by atoms with van der Waals surface area (Å²) in [6.07, 6.45) is 4.07. The van der Waals surface area contributed by atoms with Crippen LogP contribution in [0.25, 0.3) is 0 Å². The first-order valence-electron chi connectivity index (χ1n) is 12.3. The second kappa shape index (κ2) is 10.8. The zero-order chi connectivity index (χ0) is 23.6. The van der Waals surface area contributed by atoms with Crippen molar-refractivity contribution >= 4 is 0 Å². The zero-order valence-corrected chi connectivity index (χ0v) is 21.3. The minimum atomic E-state index is -1.33. The van der Waals surface area contributed by atoms with Crippen LogP contribution in [0.4, 0.5) is 8.78 Å². The number of aliphatic hydroxyl groups is 1. The molecule has 0 radical (unpaired) electrons. The predicted molar refractivity (Wildman–Crippen MR) is 128 cm³/mol. The summed E-state index contributed by atoms with van der Waals surface area (Å²) >= 11 is 0. The number of ether oxygens (including phenoxy) is 1. The van der Waals surface area contributed by atoms with Crippen LogP contribution in [0, 0.1) is 17.6 Å². The second-order valence-corrected chi connectivity index (χ2v) is 9.88. The quantitative estimate of drug-likeness (QED) is 0.349. The summed E-state index contributed by atoms with van der Waals surface area (Å²) in [5.74, 6) is 0.763. The van der Waals surface area contributed by atoms with Gasteiger partial charge in [0.25, 0.3) is 0 Å². The molecule has 6 heteroatoms. The van der Waals surface area contributed by atoms with Crippen LogP contribution in [0.5, 0.6) is 5.75 Å². The molecule has 3 aliphatic heterocycles. The van der Waals surface area contributed by atoms with Crippen molar-refractivity contribution in [2.24, 2.45) is 5.92 Å². The van der Waals surface area contributed by atoms with E-state index in [0.717, 1.165) is 55.6 Å². The third-order valence-corrected chi connectivity index (χ3v) is 7.99. The summed E-state index contributed by atoms with van der Waals surface area (Å²) in [7, 11) is 0. The molecular weight excluding hydrogens is 512 g/mol. The van der Waals surface area contributed by atoms with Gasteiger partial charge in [-0.25, -0.2) is 8.78 Å². The van der Waals surface area contributed by atoms with Gasteiger partial charge in [0, 0.05) is 12.8 Å². The number of halogens is 3. The van der Waals surface area contributed by atoms with E-state index in [4.69, 9.17) is 4.74 Å². The van der Waals surface area contributed by atoms with E-state index in [9.17, 15) is 13.9 Å². The monoisotopic (exact) mass is 543 g/mol. The van der Waals surface area contributed by atoms with Gasteiger partial charge in [-0.05, 0) is 66.3 Å². The van der Waals surface area contributed by atoms with E-state index >= 15 is 0 Å². The van der Waals surface area contributed by atoms with Crippen LogP contribution in [0.2, 0.25) is 0 Å². The van der Waals surface area contributed by atoms with Gasteiger partial charge in [-0.15, -0.1) is 0 Å². The van der Waals surface area contributed by atoms with E-state index in [1.165, 1.54) is 24.3 Å². The first-order valence-corrected chi connectivity index (χ1v) is 12.3. The fourth-order valence-electron chi connectivity index (χ4n) is 6.21. The van der Waals surface area contributed by atoms with E-state index in [1.807, 2.05) is 30.3 Å². The average molecular weight is 544 g/mol. The molecule has 3 nitrogen and oxygen atoms in total. The molecule has 0 saturated carbocycles. The van der Waals surface area contributed by atoms with Crippen molar-refractivity contribution in [1.29, 1.82) is 0 Å². The van der Waals surface area contributed by atoms with Gasteiger partial charge in [-0.3, -0.25) is 0 Å². The van der Waals surface area contributed by atoms with Crippen molar-refractivity contribution in [2.45, 2.75) is 37.3 Å². The zero-order valence-electron chi connectivity index (χ0n) is 19.8. The van der Waals surface area contributed by atoms with E-state index in [2.05, 4.69) is 0 Å². The lowest BCUT2D eigenvalue weighted by atomic mass is 9.69. The Morgan fingerprint density at radius 1 is 0.829 bits per heavy atom. The molecule has 0 spiro atoms. The first-order chi connectivity index (χ1) is 16.5. The molecule has 3 fully saturated rings. The Labute approximate surface area is 216 Å². The first kappa shape index (κ1) is 25.8. The molecule has 0 amide bonds. The molecule has 1 N–H and O–H groups in total. The molecule has 3 aliphatic rings. The van der Waals surface area contributed by atoms with Gasteiger partial charge in [0.1, 0.15) is 23.4 Å². The maximum atomic E-state index is 13.8. The molecule has 2 bridgehead atoms. The second-order valence-electron chi connectivity index (χ2n) is 9.88. The SMILES string of the molecule is OC(c1ccc(F)cc1)(c1ccc(F)cc1)C1CC2CC[N+]1(CCCOc1ccccc1)CC2.[Br-]. The Morgan fingerprint density at radius 3 is 1.91 bits per heavy atom. The topological polar surface area (TPSA) is 29.5 Å². The molecule has 3 heterocycles. The van der Waals surface area contributed by atoms with E-state index in [1.54, 1.807) is 24.3 Å². The summed E-state index contributed by atoms with van der Waals surface area (Å²) in [5, 5.41) is 12.5. The molecule has 6 rings (SSSR count). The van der Waals surface area contributed by atoms with E-state index in [0.29, 0.717) is 23.7 Å². The van der Waals surface area contributed by atoms with Crippen LogP contribution in [0.15, 0.2) is 78.9 Å². The minimum absolute atomic E-state index is 0. The highest BCUT2D eigenvalue weighted by Gasteiger charge is 2.57. The summed E-state index contributed by atoms with van der Waals surface area (Å²) in [6, 6.07) is 22.1. The Bertz CT molecular complexity index is 1040. The Morgan fingerprint density at radius 2 is 1.37 bits per heavy atom. The highest BCUT2D eigenvalue weighted by molar-refractivity contribution is 5.38. The molecule has 3 aromatic carbocycles. The number of piperidine rings is 3. The molecule has 0 aliphatic carbocycles. The molecule has 35 heavy (non-hydrogen) atoms. The normalized spacial score (nSPS) is 23.5. The number of quaternary nitrogens is 1. The number of fused-ring (bicyclic) bond motifs is 3. The van der Waals surface area contributed by atoms with E-state index < -0.39 is 5.60 Å². The standard InChI is InChI=1S/C29H32F2NO2.BrH/c30-25-11-7-23(8-12-25)29(33,24-9-13-26(31)14-10-24)28-21-22-15-18-32(28,19-16-22)17-4-20-34-27-5-2-1-3-6-27;/h1-3,5-14,22,28,33H,4,15-21H2;1H/q+1;/p-1. The van der Waals surface area contributed by atoms with Crippen LogP contribution in [-0.4, -0.2) is 41.9 Å². The maximum absolute atomic E-state index is 13.8. The molecule has 1 unspecified atom stereocenters. The molecule has 3 saturated heterocycles. The number of hydrogen-bond acceptors (Lipinski definition) is 2. The summed E-state index contributed by atoms with van der Waals surface area (Å²) in [5.41, 5.74) is -0.00646. The van der Waals surface area contributed by atoms with Crippen molar-refractivity contribution in [3.63, 3.8) is 0 Å². The van der Waals surface area contributed by atoms with Gasteiger partial charge < -0.3 is 31.3 Å². The Kier molecular flexibility index (Phi) is 7.94. The van der Waals surface area contributed by atoms with Crippen LogP contribution >= 0.6 is 0 Å². The molecule has 1 atom stereocenters. The lowest BCUT2D eigenvalue weighted by Crippen LogP contribution is -3.00. The van der Waals surface area contributed by atoms with Crippen LogP contribution in [0.1, 0.15) is 36.8 Å². The highest BCUT2D eigenvalue weighted by Crippen LogP contribution is 2.48. The van der Waals surface area contributed by atoms with Gasteiger partial charge in [-0.1, -0.05) is 42.5 Å². The molecule has 3 aromatic rings. The number of benzene rings is 3. The van der Waals surface area contributed by atoms with Crippen molar-refractivity contribution in [3.8, 4) is 5.75 Å². The average Bonchev–Trinajstić information content (AvgIpc) is 2.88. The third-order valence-electron chi connectivity index (χ3n) is 7.99. The maximum Gasteiger partial charge on any atom is 0.166 e. The fraction of sp³-hybridized carbons (Fsp3) is 0.379. The van der Waals surface area contributed by atoms with Crippen molar-refractivity contribution in [3.05, 3.63) is 102 Å². The van der Waals surface area contributed by atoms with Crippen LogP contribution < -0.4 is 21.7 Å². The van der Waals surface area contributed by atoms with Gasteiger partial charge in [-0.2, -0.15) is 0 Å². The Balaban J connectivity index is 0.00000289. The van der Waals surface area contributed by atoms with E-state index in [-0.39, 0.29) is 34.7 Å². The van der Waals surface area contributed by atoms with Crippen molar-refractivity contribution < 1.29 is 40.1 Å². The molecule has 0 aromatic heterocycles. The third kappa shape index (κ3) is 5.16. The summed E-state index contributed by atoms with van der Waals surface area (Å²) < 4.78 is 34.4. The Hall–Kier alpha value is -2.28. The summed E-state index contributed by atoms with van der Waals surface area (Å²) in [6.45, 7) is 3.53.